The maximum absolute atomic E-state index is 12.9. The van der Waals surface area contributed by atoms with Gasteiger partial charge in [-0.3, -0.25) is 38.7 Å². The minimum absolute atomic E-state index is 0.000729. The molecule has 0 heterocycles. The fourth-order valence-corrected chi connectivity index (χ4v) is 4.32. The lowest BCUT2D eigenvalue weighted by Gasteiger charge is -2.35. The van der Waals surface area contributed by atoms with E-state index in [1.54, 1.807) is 0 Å². The van der Waals surface area contributed by atoms with E-state index in [1.165, 1.54) is 9.80 Å². The Kier molecular flexibility index (Phi) is 13.9. The Morgan fingerprint density at radius 1 is 0.610 bits per heavy atom. The number of carboxylic acid groups (broad SMARTS) is 4. The van der Waals surface area contributed by atoms with Crippen LogP contribution in [-0.4, -0.2) is 123 Å². The Bertz CT molecular complexity index is 1130. The third-order valence-corrected chi connectivity index (χ3v) is 6.13. The quantitative estimate of drug-likeness (QED) is 0.145. The molecule has 0 aromatic heterocycles. The van der Waals surface area contributed by atoms with E-state index in [2.05, 4.69) is 5.32 Å². The summed E-state index contributed by atoms with van der Waals surface area (Å²) in [6.07, 6.45) is 0.296. The van der Waals surface area contributed by atoms with E-state index in [1.807, 2.05) is 60.7 Å². The topological polar surface area (TPSA) is 188 Å². The van der Waals surface area contributed by atoms with Crippen LogP contribution in [-0.2, 0) is 36.9 Å². The highest BCUT2D eigenvalue weighted by molar-refractivity contribution is 5.79. The summed E-state index contributed by atoms with van der Waals surface area (Å²) in [4.78, 5) is 62.9. The molecular formula is C28H36N4O9. The Morgan fingerprint density at radius 2 is 1.07 bits per heavy atom. The van der Waals surface area contributed by atoms with Crippen LogP contribution in [0.2, 0.25) is 0 Å². The molecule has 0 saturated heterocycles. The van der Waals surface area contributed by atoms with Gasteiger partial charge in [-0.05, 0) is 17.5 Å². The summed E-state index contributed by atoms with van der Waals surface area (Å²) >= 11 is 0. The summed E-state index contributed by atoms with van der Waals surface area (Å²) in [5.74, 6) is -5.21. The van der Waals surface area contributed by atoms with Crippen molar-refractivity contribution >= 4 is 29.8 Å². The second kappa shape index (κ2) is 17.4. The third kappa shape index (κ3) is 14.0. The average Bonchev–Trinajstić information content (AvgIpc) is 2.89. The molecule has 13 nitrogen and oxygen atoms in total. The van der Waals surface area contributed by atoms with Crippen LogP contribution in [0.4, 0.5) is 0 Å². The molecule has 0 saturated carbocycles. The van der Waals surface area contributed by atoms with Crippen LogP contribution in [0.5, 0.6) is 0 Å². The molecular weight excluding hydrogens is 536 g/mol. The molecule has 1 unspecified atom stereocenters. The van der Waals surface area contributed by atoms with Gasteiger partial charge in [0, 0.05) is 32.2 Å². The first-order valence-electron chi connectivity index (χ1n) is 12.9. The summed E-state index contributed by atoms with van der Waals surface area (Å²) in [5.41, 5.74) is 1.71. The number of carboxylic acids is 4. The molecule has 0 aliphatic rings. The monoisotopic (exact) mass is 572 g/mol. The molecule has 0 aliphatic heterocycles. The van der Waals surface area contributed by atoms with Gasteiger partial charge in [0.2, 0.25) is 5.91 Å². The van der Waals surface area contributed by atoms with Crippen molar-refractivity contribution < 1.29 is 44.4 Å². The van der Waals surface area contributed by atoms with Crippen molar-refractivity contribution in [1.29, 1.82) is 0 Å². The van der Waals surface area contributed by atoms with Crippen LogP contribution < -0.4 is 5.32 Å². The molecule has 2 aromatic carbocycles. The Morgan fingerprint density at radius 3 is 1.59 bits per heavy atom. The zero-order chi connectivity index (χ0) is 30.2. The normalized spacial score (nSPS) is 11.9. The SMILES string of the molecule is O=C(O)CN(CCN(CC(=O)O)CC(Cc1ccccc1)N(CC(=O)O)CC(=O)NCc1ccccc1)CC(=O)O. The summed E-state index contributed by atoms with van der Waals surface area (Å²) in [6, 6.07) is 17.7. The number of carbonyl (C=O) groups excluding carboxylic acids is 1. The lowest BCUT2D eigenvalue weighted by atomic mass is 10.0. The minimum Gasteiger partial charge on any atom is -0.480 e. The second-order valence-electron chi connectivity index (χ2n) is 9.53. The van der Waals surface area contributed by atoms with Gasteiger partial charge in [-0.2, -0.15) is 0 Å². The van der Waals surface area contributed by atoms with Crippen molar-refractivity contribution in [2.75, 3.05) is 52.4 Å². The van der Waals surface area contributed by atoms with E-state index in [9.17, 15) is 34.2 Å². The molecule has 1 atom stereocenters. The van der Waals surface area contributed by atoms with Crippen LogP contribution in [0.25, 0.3) is 0 Å². The Balaban J connectivity index is 2.26. The van der Waals surface area contributed by atoms with Gasteiger partial charge < -0.3 is 25.7 Å². The highest BCUT2D eigenvalue weighted by Crippen LogP contribution is 2.12. The van der Waals surface area contributed by atoms with E-state index in [4.69, 9.17) is 10.2 Å². The number of carbonyl (C=O) groups is 5. The highest BCUT2D eigenvalue weighted by Gasteiger charge is 2.27. The molecule has 0 spiro atoms. The third-order valence-electron chi connectivity index (χ3n) is 6.13. The van der Waals surface area contributed by atoms with Crippen molar-refractivity contribution in [2.45, 2.75) is 19.0 Å². The van der Waals surface area contributed by atoms with Gasteiger partial charge in [0.1, 0.15) is 0 Å². The molecule has 1 amide bonds. The van der Waals surface area contributed by atoms with Gasteiger partial charge in [-0.25, -0.2) is 0 Å². The Labute approximate surface area is 237 Å². The van der Waals surface area contributed by atoms with E-state index in [0.29, 0.717) is 6.42 Å². The smallest absolute Gasteiger partial charge is 0.317 e. The van der Waals surface area contributed by atoms with Crippen LogP contribution in [0.3, 0.4) is 0 Å². The maximum atomic E-state index is 12.9. The highest BCUT2D eigenvalue weighted by atomic mass is 16.4. The summed E-state index contributed by atoms with van der Waals surface area (Å²) in [5, 5.41) is 40.2. The second-order valence-corrected chi connectivity index (χ2v) is 9.53. The molecule has 0 aliphatic carbocycles. The van der Waals surface area contributed by atoms with Gasteiger partial charge in [0.15, 0.2) is 0 Å². The molecule has 2 rings (SSSR count). The van der Waals surface area contributed by atoms with Gasteiger partial charge in [0.25, 0.3) is 0 Å². The summed E-state index contributed by atoms with van der Waals surface area (Å²) in [7, 11) is 0. The van der Waals surface area contributed by atoms with Crippen molar-refractivity contribution in [3.8, 4) is 0 Å². The lowest BCUT2D eigenvalue weighted by Crippen LogP contribution is -2.52. The molecule has 0 radical (unpaired) electrons. The van der Waals surface area contributed by atoms with Gasteiger partial charge in [-0.1, -0.05) is 60.7 Å². The van der Waals surface area contributed by atoms with E-state index < -0.39 is 62.0 Å². The zero-order valence-electron chi connectivity index (χ0n) is 22.6. The number of aliphatic carboxylic acids is 4. The van der Waals surface area contributed by atoms with Crippen molar-refractivity contribution in [1.82, 2.24) is 20.0 Å². The first-order chi connectivity index (χ1) is 19.5. The zero-order valence-corrected chi connectivity index (χ0v) is 22.6. The Hall–Kier alpha value is -4.33. The van der Waals surface area contributed by atoms with Crippen LogP contribution >= 0.6 is 0 Å². The average molecular weight is 573 g/mol. The van der Waals surface area contributed by atoms with E-state index in [0.717, 1.165) is 16.0 Å². The van der Waals surface area contributed by atoms with Crippen molar-refractivity contribution in [3.05, 3.63) is 71.8 Å². The fraction of sp³-hybridized carbons (Fsp3) is 0.393. The van der Waals surface area contributed by atoms with Gasteiger partial charge in [-0.15, -0.1) is 0 Å². The first-order valence-corrected chi connectivity index (χ1v) is 12.9. The largest absolute Gasteiger partial charge is 0.480 e. The fourth-order valence-electron chi connectivity index (χ4n) is 4.32. The summed E-state index contributed by atoms with van der Waals surface area (Å²) in [6.45, 7) is -2.09. The molecule has 41 heavy (non-hydrogen) atoms. The number of nitrogens with one attached hydrogen (secondary N) is 1. The number of amides is 1. The van der Waals surface area contributed by atoms with E-state index in [-0.39, 0.29) is 32.7 Å². The lowest BCUT2D eigenvalue weighted by molar-refractivity contribution is -0.143. The maximum Gasteiger partial charge on any atom is 0.317 e. The molecule has 2 aromatic rings. The predicted octanol–water partition coefficient (Wildman–Crippen LogP) is 0.159. The standard InChI is InChI=1S/C28H36N4O9/c33-24(29-14-22-9-5-2-6-10-22)16-32(20-28(40)41)23(13-21-7-3-1-4-8-21)15-30(17-25(34)35)11-12-31(18-26(36)37)19-27(38)39/h1-10,23H,11-20H2,(H,29,33)(H,34,35)(H,36,37)(H,38,39)(H,40,41). The van der Waals surface area contributed by atoms with Crippen LogP contribution in [0.15, 0.2) is 60.7 Å². The molecule has 222 valence electrons. The van der Waals surface area contributed by atoms with Crippen molar-refractivity contribution in [2.24, 2.45) is 0 Å². The number of hydrogen-bond donors (Lipinski definition) is 5. The van der Waals surface area contributed by atoms with Gasteiger partial charge in [0.05, 0.1) is 32.7 Å². The first kappa shape index (κ1) is 32.9. The molecule has 0 fully saturated rings. The summed E-state index contributed by atoms with van der Waals surface area (Å²) < 4.78 is 0. The predicted molar refractivity (Wildman–Crippen MR) is 147 cm³/mol. The molecule has 5 N–H and O–H groups in total. The molecule has 13 heteroatoms. The number of benzene rings is 2. The van der Waals surface area contributed by atoms with E-state index >= 15 is 0 Å². The number of nitrogens with zero attached hydrogens (tertiary/aromatic N) is 3. The number of rotatable bonds is 20. The minimum atomic E-state index is -1.23. The van der Waals surface area contributed by atoms with Crippen LogP contribution in [0.1, 0.15) is 11.1 Å². The van der Waals surface area contributed by atoms with Crippen molar-refractivity contribution in [3.63, 3.8) is 0 Å². The number of hydrogen-bond acceptors (Lipinski definition) is 8. The molecule has 0 bridgehead atoms. The van der Waals surface area contributed by atoms with Gasteiger partial charge >= 0.3 is 23.9 Å². The van der Waals surface area contributed by atoms with Crippen LogP contribution in [0, 0.1) is 0 Å².